The average molecular weight is 222 g/mol. The number of hydrogen-bond acceptors (Lipinski definition) is 1. The van der Waals surface area contributed by atoms with Crippen LogP contribution in [0.4, 0.5) is 5.69 Å². The van der Waals surface area contributed by atoms with Crippen LogP contribution in [0.25, 0.3) is 15.9 Å². The fourth-order valence-corrected chi connectivity index (χ4v) is 1.61. The van der Waals surface area contributed by atoms with Crippen LogP contribution in [0.3, 0.4) is 0 Å². The summed E-state index contributed by atoms with van der Waals surface area (Å²) in [6, 6.07) is 3.54. The van der Waals surface area contributed by atoms with Crippen molar-refractivity contribution < 1.29 is 0 Å². The molecule has 0 aliphatic carbocycles. The Kier molecular flexibility index (Phi) is 1.59. The Bertz CT molecular complexity index is 467. The van der Waals surface area contributed by atoms with Crippen LogP contribution in [0.1, 0.15) is 0 Å². The molecule has 0 spiro atoms. The van der Waals surface area contributed by atoms with Crippen LogP contribution in [0, 0.1) is 6.57 Å². The van der Waals surface area contributed by atoms with Crippen LogP contribution >= 0.6 is 15.9 Å². The molecule has 4 heteroatoms. The third kappa shape index (κ3) is 0.990. The highest BCUT2D eigenvalue weighted by molar-refractivity contribution is 9.10. The van der Waals surface area contributed by atoms with Crippen molar-refractivity contribution in [2.75, 3.05) is 0 Å². The number of hydrogen-bond donors (Lipinski definition) is 1. The second-order valence-corrected chi connectivity index (χ2v) is 3.19. The molecule has 1 heterocycles. The first kappa shape index (κ1) is 7.32. The van der Waals surface area contributed by atoms with Gasteiger partial charge in [-0.05, 0) is 28.1 Å². The fraction of sp³-hybridized carbons (Fsp3) is 0. The van der Waals surface area contributed by atoms with Crippen LogP contribution in [-0.2, 0) is 0 Å². The Labute approximate surface area is 77.4 Å². The van der Waals surface area contributed by atoms with Crippen molar-refractivity contribution in [3.8, 4) is 0 Å². The minimum Gasteiger partial charge on any atom is -0.346 e. The molecule has 1 aromatic heterocycles. The molecule has 3 nitrogen and oxygen atoms in total. The summed E-state index contributed by atoms with van der Waals surface area (Å²) in [7, 11) is 0. The molecule has 0 aliphatic rings. The Morgan fingerprint density at radius 3 is 3.08 bits per heavy atom. The van der Waals surface area contributed by atoms with Crippen LogP contribution in [0.2, 0.25) is 0 Å². The molecule has 2 aromatic rings. The van der Waals surface area contributed by atoms with Crippen LogP contribution in [0.15, 0.2) is 22.9 Å². The topological polar surface area (TPSA) is 33.0 Å². The lowest BCUT2D eigenvalue weighted by molar-refractivity contribution is 1.34. The van der Waals surface area contributed by atoms with E-state index >= 15 is 0 Å². The molecule has 12 heavy (non-hydrogen) atoms. The number of halogens is 1. The van der Waals surface area contributed by atoms with Crippen molar-refractivity contribution in [3.63, 3.8) is 0 Å². The predicted molar refractivity (Wildman–Crippen MR) is 50.1 cm³/mol. The van der Waals surface area contributed by atoms with E-state index in [4.69, 9.17) is 6.57 Å². The van der Waals surface area contributed by atoms with Crippen molar-refractivity contribution in [1.29, 1.82) is 0 Å². The molecular formula is C8H4BrN3. The first-order valence-electron chi connectivity index (χ1n) is 3.31. The molecule has 0 atom stereocenters. The van der Waals surface area contributed by atoms with Crippen molar-refractivity contribution in [3.05, 3.63) is 34.3 Å². The van der Waals surface area contributed by atoms with Crippen molar-refractivity contribution in [1.82, 2.24) is 9.97 Å². The van der Waals surface area contributed by atoms with Gasteiger partial charge in [0, 0.05) is 4.47 Å². The second-order valence-electron chi connectivity index (χ2n) is 2.34. The summed E-state index contributed by atoms with van der Waals surface area (Å²) in [5, 5.41) is 0. The zero-order valence-corrected chi connectivity index (χ0v) is 7.59. The predicted octanol–water partition coefficient (Wildman–Crippen LogP) is 2.88. The Morgan fingerprint density at radius 1 is 1.50 bits per heavy atom. The molecule has 58 valence electrons. The summed E-state index contributed by atoms with van der Waals surface area (Å²) in [4.78, 5) is 10.4. The molecule has 2 rings (SSSR count). The molecular weight excluding hydrogens is 218 g/mol. The molecule has 0 saturated heterocycles. The molecule has 0 bridgehead atoms. The van der Waals surface area contributed by atoms with Gasteiger partial charge in [-0.1, -0.05) is 0 Å². The lowest BCUT2D eigenvalue weighted by Crippen LogP contribution is -1.71. The van der Waals surface area contributed by atoms with E-state index in [2.05, 4.69) is 30.7 Å². The first-order chi connectivity index (χ1) is 5.81. The zero-order chi connectivity index (χ0) is 8.55. The van der Waals surface area contributed by atoms with E-state index in [1.165, 1.54) is 0 Å². The molecule has 0 radical (unpaired) electrons. The summed E-state index contributed by atoms with van der Waals surface area (Å²) in [5.41, 5.74) is 2.36. The van der Waals surface area contributed by atoms with Gasteiger partial charge in [-0.2, -0.15) is 0 Å². The Balaban J connectivity index is 2.86. The maximum absolute atomic E-state index is 6.84. The summed E-state index contributed by atoms with van der Waals surface area (Å²) in [6.45, 7) is 6.84. The highest BCUT2D eigenvalue weighted by atomic mass is 79.9. The van der Waals surface area contributed by atoms with Gasteiger partial charge in [0.1, 0.15) is 0 Å². The van der Waals surface area contributed by atoms with Gasteiger partial charge in [-0.3, -0.25) is 0 Å². The molecule has 0 aliphatic heterocycles. The van der Waals surface area contributed by atoms with E-state index in [0.29, 0.717) is 5.69 Å². The molecule has 1 N–H and O–H groups in total. The van der Waals surface area contributed by atoms with Crippen LogP contribution in [-0.4, -0.2) is 9.97 Å². The summed E-state index contributed by atoms with van der Waals surface area (Å²) in [6.07, 6.45) is 1.61. The number of nitrogens with zero attached hydrogens (tertiary/aromatic N) is 2. The van der Waals surface area contributed by atoms with Gasteiger partial charge >= 0.3 is 0 Å². The van der Waals surface area contributed by atoms with E-state index in [1.807, 2.05) is 0 Å². The SMILES string of the molecule is [C-]#[N+]c1cc(Br)c2nc[nH]c2c1. The van der Waals surface area contributed by atoms with Gasteiger partial charge in [-0.15, -0.1) is 0 Å². The quantitative estimate of drug-likeness (QED) is 0.683. The largest absolute Gasteiger partial charge is 0.346 e. The number of nitrogens with one attached hydrogen (secondary N) is 1. The van der Waals surface area contributed by atoms with E-state index in [9.17, 15) is 0 Å². The number of aromatic nitrogens is 2. The lowest BCUT2D eigenvalue weighted by Gasteiger charge is -1.93. The van der Waals surface area contributed by atoms with E-state index < -0.39 is 0 Å². The summed E-state index contributed by atoms with van der Waals surface area (Å²) < 4.78 is 0.854. The molecule has 0 fully saturated rings. The van der Waals surface area contributed by atoms with E-state index in [1.54, 1.807) is 18.5 Å². The van der Waals surface area contributed by atoms with Crippen molar-refractivity contribution in [2.45, 2.75) is 0 Å². The molecule has 0 amide bonds. The Hall–Kier alpha value is -1.34. The minimum atomic E-state index is 0.610. The highest BCUT2D eigenvalue weighted by Gasteiger charge is 2.02. The third-order valence-electron chi connectivity index (χ3n) is 1.59. The number of benzene rings is 1. The van der Waals surface area contributed by atoms with Crippen LogP contribution in [0.5, 0.6) is 0 Å². The fourth-order valence-electron chi connectivity index (χ4n) is 1.06. The maximum Gasteiger partial charge on any atom is 0.190 e. The average Bonchev–Trinajstić information content (AvgIpc) is 2.52. The Morgan fingerprint density at radius 2 is 2.33 bits per heavy atom. The highest BCUT2D eigenvalue weighted by Crippen LogP contribution is 2.26. The number of rotatable bonds is 0. The first-order valence-corrected chi connectivity index (χ1v) is 4.10. The van der Waals surface area contributed by atoms with Crippen LogP contribution < -0.4 is 0 Å². The molecule has 0 unspecified atom stereocenters. The zero-order valence-electron chi connectivity index (χ0n) is 6.00. The van der Waals surface area contributed by atoms with Gasteiger partial charge < -0.3 is 4.98 Å². The summed E-state index contributed by atoms with van der Waals surface area (Å²) in [5.74, 6) is 0. The van der Waals surface area contributed by atoms with Crippen molar-refractivity contribution in [2.24, 2.45) is 0 Å². The number of H-pyrrole nitrogens is 1. The van der Waals surface area contributed by atoms with Gasteiger partial charge in [0.2, 0.25) is 0 Å². The standard InChI is InChI=1S/C8H4BrN3/c1-10-5-2-6(9)8-7(3-5)11-4-12-8/h2-4H,(H,11,12). The van der Waals surface area contributed by atoms with Gasteiger partial charge in [0.15, 0.2) is 5.69 Å². The van der Waals surface area contributed by atoms with Crippen molar-refractivity contribution >= 4 is 32.7 Å². The smallest absolute Gasteiger partial charge is 0.190 e. The van der Waals surface area contributed by atoms with Gasteiger partial charge in [0.05, 0.1) is 23.9 Å². The number of imidazole rings is 1. The minimum absolute atomic E-state index is 0.610. The molecule has 1 aromatic carbocycles. The maximum atomic E-state index is 6.84. The molecule has 0 saturated carbocycles. The monoisotopic (exact) mass is 221 g/mol. The normalized spacial score (nSPS) is 10.0. The van der Waals surface area contributed by atoms with E-state index in [-0.39, 0.29) is 0 Å². The van der Waals surface area contributed by atoms with Gasteiger partial charge in [-0.25, -0.2) is 9.83 Å². The number of fused-ring (bicyclic) bond motifs is 1. The summed E-state index contributed by atoms with van der Waals surface area (Å²) >= 11 is 3.34. The van der Waals surface area contributed by atoms with E-state index in [0.717, 1.165) is 15.5 Å². The third-order valence-corrected chi connectivity index (χ3v) is 2.20. The number of aromatic amines is 1. The van der Waals surface area contributed by atoms with Gasteiger partial charge in [0.25, 0.3) is 0 Å². The lowest BCUT2D eigenvalue weighted by atomic mass is 10.3. The second kappa shape index (κ2) is 2.61.